The van der Waals surface area contributed by atoms with Gasteiger partial charge in [0.15, 0.2) is 0 Å². The van der Waals surface area contributed by atoms with Crippen LogP contribution in [0.3, 0.4) is 0 Å². The molecule has 8 nitrogen and oxygen atoms in total. The van der Waals surface area contributed by atoms with Crippen LogP contribution in [-0.4, -0.2) is 45.1 Å². The number of halogens is 1. The fraction of sp³-hybridized carbons (Fsp3) is 0.276. The number of aryl methyl sites for hydroxylation is 2. The highest BCUT2D eigenvalue weighted by Crippen LogP contribution is 2.35. The van der Waals surface area contributed by atoms with E-state index in [1.54, 1.807) is 31.3 Å². The van der Waals surface area contributed by atoms with Crippen molar-refractivity contribution in [3.63, 3.8) is 0 Å². The lowest BCUT2D eigenvalue weighted by molar-refractivity contribution is 0.147. The van der Waals surface area contributed by atoms with E-state index < -0.39 is 5.56 Å². The Labute approximate surface area is 220 Å². The number of anilines is 1. The maximum Gasteiger partial charge on any atom is 0.271 e. The summed E-state index contributed by atoms with van der Waals surface area (Å²) in [5.41, 5.74) is 3.83. The third-order valence-electron chi connectivity index (χ3n) is 7.13. The number of hydrogen-bond donors (Lipinski definition) is 0. The lowest BCUT2D eigenvalue weighted by Gasteiger charge is -2.44. The van der Waals surface area contributed by atoms with E-state index in [2.05, 4.69) is 27.7 Å². The predicted molar refractivity (Wildman–Crippen MR) is 144 cm³/mol. The minimum Gasteiger partial charge on any atom is -0.364 e. The molecule has 0 N–H and O–H groups in total. The molecule has 1 aromatic carbocycles. The van der Waals surface area contributed by atoms with Crippen LogP contribution >= 0.6 is 0 Å². The van der Waals surface area contributed by atoms with Crippen molar-refractivity contribution in [2.24, 2.45) is 7.05 Å². The van der Waals surface area contributed by atoms with Gasteiger partial charge in [0.25, 0.3) is 11.4 Å². The molecule has 38 heavy (non-hydrogen) atoms. The molecular weight excluding hydrogens is 481 g/mol. The molecule has 1 unspecified atom stereocenters. The second kappa shape index (κ2) is 10.0. The Morgan fingerprint density at radius 2 is 1.89 bits per heavy atom. The van der Waals surface area contributed by atoms with Crippen LogP contribution in [0.25, 0.3) is 15.9 Å². The Kier molecular flexibility index (Phi) is 6.62. The van der Waals surface area contributed by atoms with E-state index in [4.69, 9.17) is 11.6 Å². The minimum atomic E-state index is -0.393. The molecule has 0 amide bonds. The van der Waals surface area contributed by atoms with Crippen LogP contribution in [0.5, 0.6) is 0 Å². The fourth-order valence-corrected chi connectivity index (χ4v) is 5.31. The molecule has 1 aliphatic rings. The molecule has 3 aromatic heterocycles. The first-order valence-electron chi connectivity index (χ1n) is 12.3. The standard InChI is InChI=1S/C29H26FN7O/c1-18-6-5-7-23(33-18)27(20-8-10-21(30)11-9-20)37-15-14-36(17-19(37)2)28-22(16-31)29(38)35(4)24-12-13-25(32-3)34-26(24)28/h5-13,19,27H,14-15,17H2,1-2,4H3/t19-,27?/m1/s1. The largest absolute Gasteiger partial charge is 0.364 e. The number of benzene rings is 1. The average Bonchev–Trinajstić information content (AvgIpc) is 2.92. The van der Waals surface area contributed by atoms with Crippen molar-refractivity contribution in [1.29, 1.82) is 5.26 Å². The Balaban J connectivity index is 1.57. The summed E-state index contributed by atoms with van der Waals surface area (Å²) < 4.78 is 15.2. The second-order valence-corrected chi connectivity index (χ2v) is 9.54. The van der Waals surface area contributed by atoms with Gasteiger partial charge in [0, 0.05) is 38.4 Å². The summed E-state index contributed by atoms with van der Waals surface area (Å²) in [6.45, 7) is 13.1. The molecule has 0 bridgehead atoms. The van der Waals surface area contributed by atoms with Gasteiger partial charge < -0.3 is 14.3 Å². The van der Waals surface area contributed by atoms with E-state index in [-0.39, 0.29) is 29.3 Å². The number of nitrogens with zero attached hydrogens (tertiary/aromatic N) is 7. The first-order valence-corrected chi connectivity index (χ1v) is 12.3. The average molecular weight is 508 g/mol. The van der Waals surface area contributed by atoms with E-state index in [1.807, 2.05) is 30.0 Å². The molecular formula is C29H26FN7O. The fourth-order valence-electron chi connectivity index (χ4n) is 5.31. The van der Waals surface area contributed by atoms with Crippen LogP contribution in [0.15, 0.2) is 59.4 Å². The Hall–Kier alpha value is -4.60. The molecule has 190 valence electrons. The molecule has 0 spiro atoms. The first kappa shape index (κ1) is 25.1. The van der Waals surface area contributed by atoms with Crippen molar-refractivity contribution in [3.8, 4) is 6.07 Å². The zero-order valence-corrected chi connectivity index (χ0v) is 21.4. The number of aromatic nitrogens is 3. The summed E-state index contributed by atoms with van der Waals surface area (Å²) >= 11 is 0. The number of pyridine rings is 3. The van der Waals surface area contributed by atoms with Crippen molar-refractivity contribution in [3.05, 3.63) is 105 Å². The third-order valence-corrected chi connectivity index (χ3v) is 7.13. The zero-order valence-electron chi connectivity index (χ0n) is 21.4. The predicted octanol–water partition coefficient (Wildman–Crippen LogP) is 4.50. The van der Waals surface area contributed by atoms with Crippen molar-refractivity contribution in [2.75, 3.05) is 24.5 Å². The molecule has 4 heterocycles. The van der Waals surface area contributed by atoms with Crippen LogP contribution < -0.4 is 10.5 Å². The lowest BCUT2D eigenvalue weighted by atomic mass is 9.97. The molecule has 2 atom stereocenters. The van der Waals surface area contributed by atoms with E-state index in [0.717, 1.165) is 17.0 Å². The summed E-state index contributed by atoms with van der Waals surface area (Å²) in [6.07, 6.45) is 0. The van der Waals surface area contributed by atoms with E-state index in [0.29, 0.717) is 36.4 Å². The maximum absolute atomic E-state index is 13.8. The molecule has 0 saturated carbocycles. The quantitative estimate of drug-likeness (QED) is 0.379. The monoisotopic (exact) mass is 507 g/mol. The van der Waals surface area contributed by atoms with Gasteiger partial charge in [-0.15, -0.1) is 4.98 Å². The molecule has 5 rings (SSSR count). The summed E-state index contributed by atoms with van der Waals surface area (Å²) in [5, 5.41) is 9.96. The Morgan fingerprint density at radius 1 is 1.13 bits per heavy atom. The Morgan fingerprint density at radius 3 is 2.55 bits per heavy atom. The van der Waals surface area contributed by atoms with Gasteiger partial charge in [0.1, 0.15) is 23.1 Å². The highest BCUT2D eigenvalue weighted by molar-refractivity contribution is 5.92. The summed E-state index contributed by atoms with van der Waals surface area (Å²) in [5.74, 6) is -0.0923. The van der Waals surface area contributed by atoms with Gasteiger partial charge in [-0.05, 0) is 55.8 Å². The van der Waals surface area contributed by atoms with E-state index >= 15 is 0 Å². The van der Waals surface area contributed by atoms with E-state index in [1.165, 1.54) is 16.7 Å². The van der Waals surface area contributed by atoms with Gasteiger partial charge in [-0.1, -0.05) is 24.8 Å². The van der Waals surface area contributed by atoms with Crippen LogP contribution in [0, 0.1) is 30.6 Å². The number of piperazine rings is 1. The maximum atomic E-state index is 13.8. The molecule has 9 heteroatoms. The second-order valence-electron chi connectivity index (χ2n) is 9.54. The van der Waals surface area contributed by atoms with Gasteiger partial charge in [0.2, 0.25) is 5.52 Å². The van der Waals surface area contributed by atoms with Crippen molar-refractivity contribution in [1.82, 2.24) is 19.4 Å². The third kappa shape index (κ3) is 4.38. The van der Waals surface area contributed by atoms with Gasteiger partial charge in [-0.3, -0.25) is 14.7 Å². The Bertz CT molecular complexity index is 1670. The highest BCUT2D eigenvalue weighted by Gasteiger charge is 2.35. The van der Waals surface area contributed by atoms with Crippen molar-refractivity contribution in [2.45, 2.75) is 25.9 Å². The smallest absolute Gasteiger partial charge is 0.271 e. The number of nitriles is 1. The molecule has 0 radical (unpaired) electrons. The van der Waals surface area contributed by atoms with Crippen molar-refractivity contribution < 1.29 is 4.39 Å². The zero-order chi connectivity index (χ0) is 27.0. The van der Waals surface area contributed by atoms with Crippen LogP contribution in [0.2, 0.25) is 0 Å². The van der Waals surface area contributed by atoms with Crippen LogP contribution in [-0.2, 0) is 7.05 Å². The minimum absolute atomic E-state index is 0.0178. The molecule has 1 fully saturated rings. The molecule has 1 saturated heterocycles. The summed E-state index contributed by atoms with van der Waals surface area (Å²) in [7, 11) is 1.61. The number of hydrogen-bond acceptors (Lipinski definition) is 6. The summed E-state index contributed by atoms with van der Waals surface area (Å²) in [4.78, 5) is 30.2. The topological polar surface area (TPSA) is 82.4 Å². The normalized spacial score (nSPS) is 16.7. The summed E-state index contributed by atoms with van der Waals surface area (Å²) in [6, 6.07) is 17.6. The highest BCUT2D eigenvalue weighted by atomic mass is 19.1. The van der Waals surface area contributed by atoms with Gasteiger partial charge in [0.05, 0.1) is 17.3 Å². The molecule has 1 aliphatic heterocycles. The molecule has 4 aromatic rings. The SMILES string of the molecule is [C-]#[N+]c1ccc2c(n1)c(N1CCN(C(c3ccc(F)cc3)c3cccc(C)n3)[C@H](C)C1)c(C#N)c(=O)n2C. The first-order chi connectivity index (χ1) is 18.3. The van der Waals surface area contributed by atoms with Gasteiger partial charge in [-0.25, -0.2) is 4.39 Å². The van der Waals surface area contributed by atoms with Gasteiger partial charge >= 0.3 is 0 Å². The lowest BCUT2D eigenvalue weighted by Crippen LogP contribution is -2.54. The van der Waals surface area contributed by atoms with Crippen LogP contribution in [0.4, 0.5) is 15.9 Å². The van der Waals surface area contributed by atoms with Crippen LogP contribution in [0.1, 0.15) is 35.5 Å². The molecule has 0 aliphatic carbocycles. The number of fused-ring (bicyclic) bond motifs is 1. The van der Waals surface area contributed by atoms with Crippen molar-refractivity contribution >= 4 is 22.5 Å². The van der Waals surface area contributed by atoms with E-state index in [9.17, 15) is 14.4 Å². The van der Waals surface area contributed by atoms with Gasteiger partial charge in [-0.2, -0.15) is 5.26 Å². The number of rotatable bonds is 4.